The largest absolute Gasteiger partial charge is 0.356 e. The van der Waals surface area contributed by atoms with E-state index in [-0.39, 0.29) is 24.3 Å². The molecule has 2 fully saturated rings. The predicted molar refractivity (Wildman–Crippen MR) is 99.3 cm³/mol. The molecule has 1 aliphatic heterocycles. The number of rotatable bonds is 6. The molecule has 0 radical (unpaired) electrons. The first-order valence-corrected chi connectivity index (χ1v) is 9.83. The molecule has 1 saturated heterocycles. The number of nitrogens with one attached hydrogen (secondary N) is 1. The van der Waals surface area contributed by atoms with Crippen LogP contribution in [-0.2, 0) is 17.0 Å². The van der Waals surface area contributed by atoms with Gasteiger partial charge in [0, 0.05) is 29.6 Å². The maximum absolute atomic E-state index is 15.1. The number of benzene rings is 1. The first-order valence-electron chi connectivity index (χ1n) is 9.46. The predicted octanol–water partition coefficient (Wildman–Crippen LogP) is 4.42. The molecule has 6 heteroatoms. The van der Waals surface area contributed by atoms with Gasteiger partial charge < -0.3 is 5.32 Å². The van der Waals surface area contributed by atoms with Gasteiger partial charge in [-0.05, 0) is 62.4 Å². The summed E-state index contributed by atoms with van der Waals surface area (Å²) in [6, 6.07) is 2.79. The van der Waals surface area contributed by atoms with Crippen molar-refractivity contribution in [2.75, 3.05) is 19.6 Å². The number of hydrogen-bond acceptors (Lipinski definition) is 2. The Labute approximate surface area is 159 Å². The van der Waals surface area contributed by atoms with Gasteiger partial charge in [0.15, 0.2) is 0 Å². The van der Waals surface area contributed by atoms with Crippen molar-refractivity contribution in [2.24, 2.45) is 11.8 Å². The van der Waals surface area contributed by atoms with Crippen LogP contribution in [0.5, 0.6) is 0 Å². The molecule has 1 aromatic carbocycles. The highest BCUT2D eigenvalue weighted by molar-refractivity contribution is 6.31. The van der Waals surface area contributed by atoms with Gasteiger partial charge in [0.05, 0.1) is 0 Å². The van der Waals surface area contributed by atoms with E-state index in [2.05, 4.69) is 10.2 Å². The third-order valence-electron chi connectivity index (χ3n) is 5.41. The smallest absolute Gasteiger partial charge is 0.223 e. The Hall–Kier alpha value is -1.20. The summed E-state index contributed by atoms with van der Waals surface area (Å²) in [5.41, 5.74) is -1.12. The van der Waals surface area contributed by atoms with Gasteiger partial charge in [0.1, 0.15) is 11.5 Å². The second-order valence-corrected chi connectivity index (χ2v) is 8.52. The molecule has 2 aliphatic rings. The third-order valence-corrected chi connectivity index (χ3v) is 5.76. The molecule has 3 nitrogen and oxygen atoms in total. The SMILES string of the molecule is CC(C)CNC(=O)C1CC(F)(c2cc(Cl)c(CN3CCCC3)cc2F)C1. The van der Waals surface area contributed by atoms with Crippen molar-refractivity contribution in [2.45, 2.75) is 51.7 Å². The van der Waals surface area contributed by atoms with Crippen LogP contribution < -0.4 is 5.32 Å². The number of hydrogen-bond donors (Lipinski definition) is 1. The average Bonchev–Trinajstić information content (AvgIpc) is 3.05. The highest BCUT2D eigenvalue weighted by Gasteiger charge is 2.50. The Morgan fingerprint density at radius 2 is 2.00 bits per heavy atom. The third kappa shape index (κ3) is 4.20. The molecule has 0 unspecified atom stereocenters. The van der Waals surface area contributed by atoms with E-state index in [9.17, 15) is 9.18 Å². The highest BCUT2D eigenvalue weighted by atomic mass is 35.5. The van der Waals surface area contributed by atoms with Crippen molar-refractivity contribution in [1.29, 1.82) is 0 Å². The van der Waals surface area contributed by atoms with Crippen LogP contribution in [0.1, 0.15) is 50.7 Å². The summed E-state index contributed by atoms with van der Waals surface area (Å²) < 4.78 is 29.7. The van der Waals surface area contributed by atoms with Crippen LogP contribution in [0.25, 0.3) is 0 Å². The van der Waals surface area contributed by atoms with Gasteiger partial charge in [-0.15, -0.1) is 0 Å². The van der Waals surface area contributed by atoms with Gasteiger partial charge >= 0.3 is 0 Å². The van der Waals surface area contributed by atoms with Gasteiger partial charge in [-0.2, -0.15) is 0 Å². The second kappa shape index (κ2) is 7.81. The zero-order chi connectivity index (χ0) is 18.9. The molecular weight excluding hydrogens is 358 g/mol. The fourth-order valence-corrected chi connectivity index (χ4v) is 4.03. The Kier molecular flexibility index (Phi) is 5.88. The lowest BCUT2D eigenvalue weighted by Gasteiger charge is -2.41. The number of carbonyl (C=O) groups excluding carboxylic acids is 1. The van der Waals surface area contributed by atoms with Crippen molar-refractivity contribution < 1.29 is 13.6 Å². The van der Waals surface area contributed by atoms with Crippen LogP contribution in [-0.4, -0.2) is 30.4 Å². The minimum Gasteiger partial charge on any atom is -0.356 e. The molecular formula is C20H27ClF2N2O. The van der Waals surface area contributed by atoms with Gasteiger partial charge in [0.25, 0.3) is 0 Å². The summed E-state index contributed by atoms with van der Waals surface area (Å²) in [5.74, 6) is -0.772. The van der Waals surface area contributed by atoms with Crippen molar-refractivity contribution in [3.63, 3.8) is 0 Å². The molecule has 144 valence electrons. The van der Waals surface area contributed by atoms with Crippen molar-refractivity contribution in [3.05, 3.63) is 34.1 Å². The van der Waals surface area contributed by atoms with Crippen LogP contribution in [0.3, 0.4) is 0 Å². The lowest BCUT2D eigenvalue weighted by atomic mass is 9.68. The van der Waals surface area contributed by atoms with Gasteiger partial charge in [-0.1, -0.05) is 25.4 Å². The fourth-order valence-electron chi connectivity index (χ4n) is 3.81. The van der Waals surface area contributed by atoms with E-state index in [1.165, 1.54) is 12.1 Å². The van der Waals surface area contributed by atoms with Crippen LogP contribution in [0.2, 0.25) is 5.02 Å². The van der Waals surface area contributed by atoms with Crippen LogP contribution in [0, 0.1) is 17.7 Å². The number of likely N-dealkylation sites (tertiary alicyclic amines) is 1. The highest BCUT2D eigenvalue weighted by Crippen LogP contribution is 2.50. The van der Waals surface area contributed by atoms with Crippen molar-refractivity contribution in [3.8, 4) is 0 Å². The Balaban J connectivity index is 1.66. The monoisotopic (exact) mass is 384 g/mol. The van der Waals surface area contributed by atoms with Crippen molar-refractivity contribution in [1.82, 2.24) is 10.2 Å². The van der Waals surface area contributed by atoms with E-state index >= 15 is 4.39 Å². The molecule has 0 atom stereocenters. The molecule has 26 heavy (non-hydrogen) atoms. The lowest BCUT2D eigenvalue weighted by molar-refractivity contribution is -0.134. The first kappa shape index (κ1) is 19.6. The zero-order valence-corrected chi connectivity index (χ0v) is 16.2. The Morgan fingerprint density at radius 3 is 2.62 bits per heavy atom. The van der Waals surface area contributed by atoms with E-state index in [1.54, 1.807) is 0 Å². The average molecular weight is 385 g/mol. The van der Waals surface area contributed by atoms with Gasteiger partial charge in [-0.25, -0.2) is 8.78 Å². The zero-order valence-electron chi connectivity index (χ0n) is 15.5. The van der Waals surface area contributed by atoms with Crippen LogP contribution in [0.15, 0.2) is 12.1 Å². The molecule has 1 saturated carbocycles. The van der Waals surface area contributed by atoms with Gasteiger partial charge in [-0.3, -0.25) is 9.69 Å². The Bertz CT molecular complexity index is 668. The molecule has 0 aromatic heterocycles. The molecule has 1 heterocycles. The molecule has 1 aromatic rings. The number of carbonyl (C=O) groups is 1. The van der Waals surface area contributed by atoms with Crippen LogP contribution in [0.4, 0.5) is 8.78 Å². The van der Waals surface area contributed by atoms with E-state index in [0.717, 1.165) is 25.9 Å². The van der Waals surface area contributed by atoms with E-state index in [0.29, 0.717) is 29.6 Å². The molecule has 3 rings (SSSR count). The fraction of sp³-hybridized carbons (Fsp3) is 0.650. The normalized spacial score (nSPS) is 26.2. The molecule has 1 aliphatic carbocycles. The Morgan fingerprint density at radius 1 is 1.35 bits per heavy atom. The summed E-state index contributed by atoms with van der Waals surface area (Å²) >= 11 is 6.31. The number of alkyl halides is 1. The van der Waals surface area contributed by atoms with Crippen molar-refractivity contribution >= 4 is 17.5 Å². The number of nitrogens with zero attached hydrogens (tertiary/aromatic N) is 1. The number of amides is 1. The standard InChI is InChI=1S/C20H27ClF2N2O/c1-13(2)11-24-19(26)15-9-20(23,10-15)16-8-17(21)14(7-18(16)22)12-25-5-3-4-6-25/h7-8,13,15H,3-6,9-12H2,1-2H3,(H,24,26). The first-order chi connectivity index (χ1) is 12.3. The summed E-state index contributed by atoms with van der Waals surface area (Å²) in [6.45, 7) is 7.14. The van der Waals surface area contributed by atoms with Gasteiger partial charge in [0.2, 0.25) is 5.91 Å². The van der Waals surface area contributed by atoms with E-state index in [4.69, 9.17) is 11.6 Å². The van der Waals surface area contributed by atoms with Crippen LogP contribution >= 0.6 is 11.6 Å². The lowest BCUT2D eigenvalue weighted by Crippen LogP contribution is -2.46. The maximum Gasteiger partial charge on any atom is 0.223 e. The molecule has 1 amide bonds. The topological polar surface area (TPSA) is 32.3 Å². The van der Waals surface area contributed by atoms with E-state index in [1.807, 2.05) is 13.8 Å². The summed E-state index contributed by atoms with van der Waals surface area (Å²) in [4.78, 5) is 14.3. The minimum absolute atomic E-state index is 0.00957. The summed E-state index contributed by atoms with van der Waals surface area (Å²) in [7, 11) is 0. The number of halogens is 3. The van der Waals surface area contributed by atoms with E-state index < -0.39 is 17.4 Å². The minimum atomic E-state index is -1.81. The molecule has 0 spiro atoms. The summed E-state index contributed by atoms with van der Waals surface area (Å²) in [6.07, 6.45) is 2.31. The summed E-state index contributed by atoms with van der Waals surface area (Å²) in [5, 5.41) is 3.22. The second-order valence-electron chi connectivity index (χ2n) is 8.12. The quantitative estimate of drug-likeness (QED) is 0.787. The molecule has 1 N–H and O–H groups in total. The maximum atomic E-state index is 15.1. The molecule has 0 bridgehead atoms.